The minimum atomic E-state index is 0.821. The number of nitrogens with one attached hydrogen (secondary N) is 1. The van der Waals surface area contributed by atoms with Gasteiger partial charge in [-0.05, 0) is 55.5 Å². The minimum absolute atomic E-state index is 0.821. The largest absolute Gasteiger partial charge is 0.496 e. The molecule has 0 spiro atoms. The molecule has 1 N–H and O–H groups in total. The molecule has 0 amide bonds. The van der Waals surface area contributed by atoms with E-state index in [1.165, 1.54) is 42.0 Å². The summed E-state index contributed by atoms with van der Waals surface area (Å²) in [5.74, 6) is 1.03. The first-order valence-corrected chi connectivity index (χ1v) is 7.66. The van der Waals surface area contributed by atoms with Crippen LogP contribution in [0.2, 0.25) is 0 Å². The molecule has 0 bridgehead atoms. The van der Waals surface area contributed by atoms with Crippen LogP contribution in [0.3, 0.4) is 0 Å². The topological polar surface area (TPSA) is 21.3 Å². The first-order chi connectivity index (χ1) is 9.88. The number of rotatable bonds is 7. The molecule has 1 saturated carbocycles. The van der Waals surface area contributed by atoms with Gasteiger partial charge in [0.2, 0.25) is 0 Å². The van der Waals surface area contributed by atoms with E-state index in [2.05, 4.69) is 41.7 Å². The highest BCUT2D eigenvalue weighted by molar-refractivity contribution is 5.87. The van der Waals surface area contributed by atoms with E-state index < -0.39 is 0 Å². The number of hydrogen-bond acceptors (Lipinski definition) is 2. The van der Waals surface area contributed by atoms with Crippen LogP contribution < -0.4 is 10.1 Å². The Balaban J connectivity index is 1.67. The van der Waals surface area contributed by atoms with E-state index in [1.54, 1.807) is 7.11 Å². The van der Waals surface area contributed by atoms with Gasteiger partial charge in [0.15, 0.2) is 0 Å². The number of fused-ring (bicyclic) bond motifs is 1. The third-order valence-corrected chi connectivity index (χ3v) is 4.08. The Labute approximate surface area is 121 Å². The summed E-state index contributed by atoms with van der Waals surface area (Å²) < 4.78 is 5.54. The van der Waals surface area contributed by atoms with E-state index in [4.69, 9.17) is 4.74 Å². The lowest BCUT2D eigenvalue weighted by Crippen LogP contribution is -2.17. The molecule has 1 fully saturated rings. The summed E-state index contributed by atoms with van der Waals surface area (Å²) in [4.78, 5) is 0. The molecule has 0 aliphatic heterocycles. The van der Waals surface area contributed by atoms with Crippen molar-refractivity contribution in [3.63, 3.8) is 0 Å². The van der Waals surface area contributed by atoms with E-state index in [0.717, 1.165) is 24.8 Å². The maximum Gasteiger partial charge on any atom is 0.122 e. The SMILES string of the molecule is COc1ccc2ccccc2c1CCCCNC1CC1. The normalized spacial score (nSPS) is 14.7. The van der Waals surface area contributed by atoms with Crippen LogP contribution in [0.4, 0.5) is 0 Å². The summed E-state index contributed by atoms with van der Waals surface area (Å²) >= 11 is 0. The highest BCUT2D eigenvalue weighted by Gasteiger charge is 2.19. The number of ether oxygens (including phenoxy) is 1. The quantitative estimate of drug-likeness (QED) is 0.769. The van der Waals surface area contributed by atoms with E-state index in [9.17, 15) is 0 Å². The van der Waals surface area contributed by atoms with Gasteiger partial charge in [-0.25, -0.2) is 0 Å². The van der Waals surface area contributed by atoms with Crippen molar-refractivity contribution in [3.05, 3.63) is 42.0 Å². The highest BCUT2D eigenvalue weighted by atomic mass is 16.5. The minimum Gasteiger partial charge on any atom is -0.496 e. The molecule has 0 unspecified atom stereocenters. The summed E-state index contributed by atoms with van der Waals surface area (Å²) in [6, 6.07) is 13.6. The van der Waals surface area contributed by atoms with Crippen molar-refractivity contribution in [2.45, 2.75) is 38.1 Å². The van der Waals surface area contributed by atoms with Gasteiger partial charge < -0.3 is 10.1 Å². The van der Waals surface area contributed by atoms with Crippen LogP contribution in [0.25, 0.3) is 10.8 Å². The third kappa shape index (κ3) is 3.13. The Bertz CT molecular complexity index is 575. The highest BCUT2D eigenvalue weighted by Crippen LogP contribution is 2.29. The van der Waals surface area contributed by atoms with Crippen LogP contribution in [0, 0.1) is 0 Å². The van der Waals surface area contributed by atoms with Gasteiger partial charge in [0.1, 0.15) is 5.75 Å². The summed E-state index contributed by atoms with van der Waals surface area (Å²) in [7, 11) is 1.77. The van der Waals surface area contributed by atoms with E-state index in [1.807, 2.05) is 0 Å². The number of unbranched alkanes of at least 4 members (excludes halogenated alkanes) is 1. The fraction of sp³-hybridized carbons (Fsp3) is 0.444. The van der Waals surface area contributed by atoms with Crippen LogP contribution >= 0.6 is 0 Å². The van der Waals surface area contributed by atoms with Gasteiger partial charge in [-0.1, -0.05) is 30.3 Å². The van der Waals surface area contributed by atoms with Crippen molar-refractivity contribution < 1.29 is 4.74 Å². The van der Waals surface area contributed by atoms with Crippen LogP contribution in [-0.4, -0.2) is 19.7 Å². The number of benzene rings is 2. The first kappa shape index (κ1) is 13.4. The van der Waals surface area contributed by atoms with Crippen molar-refractivity contribution in [1.82, 2.24) is 5.32 Å². The summed E-state index contributed by atoms with van der Waals surface area (Å²) in [5.41, 5.74) is 1.36. The second-order valence-electron chi connectivity index (χ2n) is 5.65. The molecule has 2 aromatic rings. The van der Waals surface area contributed by atoms with Gasteiger partial charge in [0.05, 0.1) is 7.11 Å². The smallest absolute Gasteiger partial charge is 0.122 e. The fourth-order valence-corrected chi connectivity index (χ4v) is 2.79. The summed E-state index contributed by atoms with van der Waals surface area (Å²) in [6.45, 7) is 1.15. The average molecular weight is 269 g/mol. The van der Waals surface area contributed by atoms with Gasteiger partial charge in [0.25, 0.3) is 0 Å². The van der Waals surface area contributed by atoms with Crippen molar-refractivity contribution in [1.29, 1.82) is 0 Å². The molecule has 106 valence electrons. The van der Waals surface area contributed by atoms with Gasteiger partial charge in [-0.3, -0.25) is 0 Å². The van der Waals surface area contributed by atoms with Crippen LogP contribution in [-0.2, 0) is 6.42 Å². The fourth-order valence-electron chi connectivity index (χ4n) is 2.79. The lowest BCUT2D eigenvalue weighted by Gasteiger charge is -2.12. The third-order valence-electron chi connectivity index (χ3n) is 4.08. The zero-order valence-electron chi connectivity index (χ0n) is 12.2. The molecule has 0 heterocycles. The Morgan fingerprint density at radius 1 is 1.10 bits per heavy atom. The molecule has 1 aliphatic carbocycles. The molecular weight excluding hydrogens is 246 g/mol. The van der Waals surface area contributed by atoms with Crippen LogP contribution in [0.15, 0.2) is 36.4 Å². The van der Waals surface area contributed by atoms with Gasteiger partial charge in [0, 0.05) is 11.6 Å². The predicted molar refractivity (Wildman–Crippen MR) is 84.5 cm³/mol. The van der Waals surface area contributed by atoms with Crippen molar-refractivity contribution in [3.8, 4) is 5.75 Å². The van der Waals surface area contributed by atoms with Crippen LogP contribution in [0.1, 0.15) is 31.2 Å². The van der Waals surface area contributed by atoms with Gasteiger partial charge in [-0.2, -0.15) is 0 Å². The number of aryl methyl sites for hydroxylation is 1. The molecule has 0 radical (unpaired) electrons. The molecular formula is C18H23NO. The standard InChI is InChI=1S/C18H23NO/c1-20-18-12-9-14-6-2-3-7-16(14)17(18)8-4-5-13-19-15-10-11-15/h2-3,6-7,9,12,15,19H,4-5,8,10-11,13H2,1H3. The van der Waals surface area contributed by atoms with Gasteiger partial charge >= 0.3 is 0 Å². The Morgan fingerprint density at radius 3 is 2.75 bits per heavy atom. The zero-order valence-corrected chi connectivity index (χ0v) is 12.2. The molecule has 0 atom stereocenters. The molecule has 2 nitrogen and oxygen atoms in total. The summed E-state index contributed by atoms with van der Waals surface area (Å²) in [5, 5.41) is 6.22. The summed E-state index contributed by atoms with van der Waals surface area (Å²) in [6.07, 6.45) is 6.29. The molecule has 20 heavy (non-hydrogen) atoms. The van der Waals surface area contributed by atoms with E-state index >= 15 is 0 Å². The van der Waals surface area contributed by atoms with Crippen molar-refractivity contribution >= 4 is 10.8 Å². The number of hydrogen-bond donors (Lipinski definition) is 1. The second-order valence-corrected chi connectivity index (χ2v) is 5.65. The van der Waals surface area contributed by atoms with Crippen molar-refractivity contribution in [2.75, 3.05) is 13.7 Å². The second kappa shape index (κ2) is 6.27. The average Bonchev–Trinajstić information content (AvgIpc) is 3.31. The monoisotopic (exact) mass is 269 g/mol. The first-order valence-electron chi connectivity index (χ1n) is 7.66. The Hall–Kier alpha value is -1.54. The lowest BCUT2D eigenvalue weighted by atomic mass is 9.99. The molecule has 2 heteroatoms. The Morgan fingerprint density at radius 2 is 1.95 bits per heavy atom. The Kier molecular flexibility index (Phi) is 4.22. The molecule has 3 rings (SSSR count). The molecule has 0 saturated heterocycles. The zero-order chi connectivity index (χ0) is 13.8. The molecule has 0 aromatic heterocycles. The molecule has 2 aromatic carbocycles. The maximum atomic E-state index is 5.54. The van der Waals surface area contributed by atoms with Gasteiger partial charge in [-0.15, -0.1) is 0 Å². The van der Waals surface area contributed by atoms with E-state index in [-0.39, 0.29) is 0 Å². The van der Waals surface area contributed by atoms with E-state index in [0.29, 0.717) is 0 Å². The molecule has 1 aliphatic rings. The predicted octanol–water partition coefficient (Wildman–Crippen LogP) is 3.92. The van der Waals surface area contributed by atoms with Crippen molar-refractivity contribution in [2.24, 2.45) is 0 Å². The number of methoxy groups -OCH3 is 1. The maximum absolute atomic E-state index is 5.54. The lowest BCUT2D eigenvalue weighted by molar-refractivity contribution is 0.409. The van der Waals surface area contributed by atoms with Crippen LogP contribution in [0.5, 0.6) is 5.75 Å².